The van der Waals surface area contributed by atoms with E-state index in [4.69, 9.17) is 5.73 Å². The van der Waals surface area contributed by atoms with E-state index in [9.17, 15) is 0 Å². The van der Waals surface area contributed by atoms with Crippen molar-refractivity contribution in [2.24, 2.45) is 7.05 Å². The van der Waals surface area contributed by atoms with Crippen molar-refractivity contribution in [2.75, 3.05) is 17.6 Å². The number of nitrogens with zero attached hydrogens (tertiary/aromatic N) is 4. The zero-order chi connectivity index (χ0) is 11.4. The summed E-state index contributed by atoms with van der Waals surface area (Å²) in [5.41, 5.74) is 7.24. The number of nitrogens with one attached hydrogen (secondary N) is 1. The summed E-state index contributed by atoms with van der Waals surface area (Å²) in [7, 11) is 1.90. The van der Waals surface area contributed by atoms with E-state index >= 15 is 0 Å². The van der Waals surface area contributed by atoms with Gasteiger partial charge in [0.1, 0.15) is 0 Å². The molecule has 0 fully saturated rings. The SMILES string of the molecule is Cn1cc(CCNc2ncc(N)cn2)cn1. The van der Waals surface area contributed by atoms with Crippen molar-refractivity contribution in [1.82, 2.24) is 19.7 Å². The molecule has 0 radical (unpaired) electrons. The van der Waals surface area contributed by atoms with Crippen LogP contribution in [0.25, 0.3) is 0 Å². The van der Waals surface area contributed by atoms with Crippen LogP contribution in [0.15, 0.2) is 24.8 Å². The van der Waals surface area contributed by atoms with Crippen molar-refractivity contribution >= 4 is 11.6 Å². The number of nitrogens with two attached hydrogens (primary N) is 1. The third kappa shape index (κ3) is 2.69. The molecule has 16 heavy (non-hydrogen) atoms. The Morgan fingerprint density at radius 2 is 2.06 bits per heavy atom. The highest BCUT2D eigenvalue weighted by Gasteiger charge is 1.97. The Hall–Kier alpha value is -2.11. The molecule has 0 bridgehead atoms. The van der Waals surface area contributed by atoms with Gasteiger partial charge in [0, 0.05) is 19.8 Å². The van der Waals surface area contributed by atoms with Crippen molar-refractivity contribution in [1.29, 1.82) is 0 Å². The van der Waals surface area contributed by atoms with Crippen molar-refractivity contribution < 1.29 is 0 Å². The maximum atomic E-state index is 5.49. The quantitative estimate of drug-likeness (QED) is 0.778. The van der Waals surface area contributed by atoms with Crippen LogP contribution in [0.4, 0.5) is 11.6 Å². The van der Waals surface area contributed by atoms with Crippen LogP contribution in [0.1, 0.15) is 5.56 Å². The summed E-state index contributed by atoms with van der Waals surface area (Å²) in [6.07, 6.45) is 7.90. The summed E-state index contributed by atoms with van der Waals surface area (Å²) >= 11 is 0. The van der Waals surface area contributed by atoms with Crippen molar-refractivity contribution in [3.05, 3.63) is 30.4 Å². The van der Waals surface area contributed by atoms with Gasteiger partial charge in [-0.05, 0) is 12.0 Å². The highest BCUT2D eigenvalue weighted by Crippen LogP contribution is 2.02. The van der Waals surface area contributed by atoms with E-state index < -0.39 is 0 Å². The molecule has 0 saturated heterocycles. The molecule has 84 valence electrons. The average Bonchev–Trinajstić information content (AvgIpc) is 2.67. The number of hydrogen-bond acceptors (Lipinski definition) is 5. The second-order valence-electron chi connectivity index (χ2n) is 3.54. The lowest BCUT2D eigenvalue weighted by molar-refractivity contribution is 0.766. The van der Waals surface area contributed by atoms with E-state index in [1.54, 1.807) is 17.1 Å². The van der Waals surface area contributed by atoms with Crippen LogP contribution in [0, 0.1) is 0 Å². The highest BCUT2D eigenvalue weighted by molar-refractivity contribution is 5.35. The fraction of sp³-hybridized carbons (Fsp3) is 0.300. The Labute approximate surface area is 93.5 Å². The molecule has 2 rings (SSSR count). The van der Waals surface area contributed by atoms with Crippen molar-refractivity contribution in [3.63, 3.8) is 0 Å². The zero-order valence-corrected chi connectivity index (χ0v) is 9.09. The van der Waals surface area contributed by atoms with Crippen LogP contribution in [-0.4, -0.2) is 26.3 Å². The molecular weight excluding hydrogens is 204 g/mol. The van der Waals surface area contributed by atoms with E-state index in [2.05, 4.69) is 20.4 Å². The van der Waals surface area contributed by atoms with Gasteiger partial charge in [0.2, 0.25) is 5.95 Å². The molecule has 6 heteroatoms. The maximum absolute atomic E-state index is 5.49. The van der Waals surface area contributed by atoms with Gasteiger partial charge in [0.25, 0.3) is 0 Å². The van der Waals surface area contributed by atoms with Gasteiger partial charge in [-0.3, -0.25) is 4.68 Å². The molecular formula is C10H14N6. The fourth-order valence-electron chi connectivity index (χ4n) is 1.35. The minimum atomic E-state index is 0.567. The number of hydrogen-bond donors (Lipinski definition) is 2. The molecule has 0 atom stereocenters. The molecule has 0 aliphatic heterocycles. The van der Waals surface area contributed by atoms with Gasteiger partial charge in [-0.15, -0.1) is 0 Å². The van der Waals surface area contributed by atoms with Crippen LogP contribution in [0.3, 0.4) is 0 Å². The standard InChI is InChI=1S/C10H14N6/c1-16-7-8(4-15-16)2-3-12-10-13-5-9(11)6-14-10/h4-7H,2-3,11H2,1H3,(H,12,13,14). The summed E-state index contributed by atoms with van der Waals surface area (Å²) in [6.45, 7) is 0.773. The Bertz CT molecular complexity index is 447. The molecule has 0 saturated carbocycles. The van der Waals surface area contributed by atoms with Crippen LogP contribution in [-0.2, 0) is 13.5 Å². The fourth-order valence-corrected chi connectivity index (χ4v) is 1.35. The minimum absolute atomic E-state index is 0.567. The largest absolute Gasteiger partial charge is 0.396 e. The smallest absolute Gasteiger partial charge is 0.222 e. The first-order chi connectivity index (χ1) is 7.74. The molecule has 2 aromatic heterocycles. The number of aryl methyl sites for hydroxylation is 1. The van der Waals surface area contributed by atoms with Gasteiger partial charge in [0.05, 0.1) is 24.3 Å². The second-order valence-corrected chi connectivity index (χ2v) is 3.54. The van der Waals surface area contributed by atoms with E-state index in [0.717, 1.165) is 13.0 Å². The summed E-state index contributed by atoms with van der Waals surface area (Å²) in [5, 5.41) is 7.21. The first kappa shape index (κ1) is 10.4. The first-order valence-electron chi connectivity index (χ1n) is 5.03. The summed E-state index contributed by atoms with van der Waals surface area (Å²) in [6, 6.07) is 0. The van der Waals surface area contributed by atoms with E-state index in [-0.39, 0.29) is 0 Å². The molecule has 0 aliphatic carbocycles. The van der Waals surface area contributed by atoms with Gasteiger partial charge in [0.15, 0.2) is 0 Å². The molecule has 0 amide bonds. The van der Waals surface area contributed by atoms with Crippen LogP contribution in [0.2, 0.25) is 0 Å². The monoisotopic (exact) mass is 218 g/mol. The Morgan fingerprint density at radius 3 is 2.69 bits per heavy atom. The molecule has 0 unspecified atom stereocenters. The lowest BCUT2D eigenvalue weighted by atomic mass is 10.2. The minimum Gasteiger partial charge on any atom is -0.396 e. The molecule has 2 heterocycles. The van der Waals surface area contributed by atoms with Crippen LogP contribution >= 0.6 is 0 Å². The summed E-state index contributed by atoms with van der Waals surface area (Å²) in [5.74, 6) is 0.595. The van der Waals surface area contributed by atoms with E-state index in [1.807, 2.05) is 19.4 Å². The predicted molar refractivity (Wildman–Crippen MR) is 61.8 cm³/mol. The Kier molecular flexibility index (Phi) is 3.00. The zero-order valence-electron chi connectivity index (χ0n) is 9.09. The topological polar surface area (TPSA) is 81.7 Å². The van der Waals surface area contributed by atoms with Crippen LogP contribution < -0.4 is 11.1 Å². The highest BCUT2D eigenvalue weighted by atomic mass is 15.2. The van der Waals surface area contributed by atoms with Gasteiger partial charge in [-0.25, -0.2) is 9.97 Å². The normalized spacial score (nSPS) is 10.3. The molecule has 6 nitrogen and oxygen atoms in total. The summed E-state index contributed by atoms with van der Waals surface area (Å²) < 4.78 is 1.79. The Balaban J connectivity index is 1.82. The van der Waals surface area contributed by atoms with E-state index in [1.165, 1.54) is 5.56 Å². The molecule has 0 spiro atoms. The molecule has 0 aliphatic rings. The molecule has 0 aromatic carbocycles. The van der Waals surface area contributed by atoms with Gasteiger partial charge < -0.3 is 11.1 Å². The summed E-state index contributed by atoms with van der Waals surface area (Å²) in [4.78, 5) is 8.09. The maximum Gasteiger partial charge on any atom is 0.222 e. The van der Waals surface area contributed by atoms with Gasteiger partial charge in [-0.2, -0.15) is 5.10 Å². The lowest BCUT2D eigenvalue weighted by Crippen LogP contribution is -2.07. The number of rotatable bonds is 4. The molecule has 2 aromatic rings. The van der Waals surface area contributed by atoms with Crippen LogP contribution in [0.5, 0.6) is 0 Å². The lowest BCUT2D eigenvalue weighted by Gasteiger charge is -2.02. The average molecular weight is 218 g/mol. The molecule has 3 N–H and O–H groups in total. The predicted octanol–water partition coefficient (Wildman–Crippen LogP) is 0.447. The first-order valence-corrected chi connectivity index (χ1v) is 5.03. The van der Waals surface area contributed by atoms with Gasteiger partial charge in [-0.1, -0.05) is 0 Å². The Morgan fingerprint density at radius 1 is 1.31 bits per heavy atom. The second kappa shape index (κ2) is 4.61. The number of anilines is 2. The van der Waals surface area contributed by atoms with Gasteiger partial charge >= 0.3 is 0 Å². The third-order valence-corrected chi connectivity index (χ3v) is 2.13. The van der Waals surface area contributed by atoms with E-state index in [0.29, 0.717) is 11.6 Å². The third-order valence-electron chi connectivity index (χ3n) is 2.13. The van der Waals surface area contributed by atoms with Crippen molar-refractivity contribution in [3.8, 4) is 0 Å². The number of nitrogen functional groups attached to an aromatic ring is 1. The van der Waals surface area contributed by atoms with Crippen molar-refractivity contribution in [2.45, 2.75) is 6.42 Å². The number of aromatic nitrogens is 4.